The number of aliphatic hydroxyl groups excluding tert-OH is 1. The van der Waals surface area contributed by atoms with Crippen molar-refractivity contribution in [1.29, 1.82) is 0 Å². The largest absolute Gasteiger partial charge is 0.395 e. The SMILES string of the molecule is OCCN(c1nc(Cl)nc(-n2ccnc2)n1)C1CCCC1. The monoisotopic (exact) mass is 308 g/mol. The molecular formula is C13H17ClN6O. The third-order valence-corrected chi connectivity index (χ3v) is 3.85. The Balaban J connectivity index is 1.95. The average molecular weight is 309 g/mol. The van der Waals surface area contributed by atoms with Gasteiger partial charge in [-0.1, -0.05) is 12.8 Å². The van der Waals surface area contributed by atoms with Crippen molar-refractivity contribution in [3.63, 3.8) is 0 Å². The van der Waals surface area contributed by atoms with Gasteiger partial charge in [0.2, 0.25) is 17.2 Å². The summed E-state index contributed by atoms with van der Waals surface area (Å²) in [4.78, 5) is 18.8. The molecular weight excluding hydrogens is 292 g/mol. The van der Waals surface area contributed by atoms with Gasteiger partial charge in [-0.15, -0.1) is 0 Å². The zero-order valence-electron chi connectivity index (χ0n) is 11.6. The maximum absolute atomic E-state index is 9.32. The Bertz CT molecular complexity index is 584. The third-order valence-electron chi connectivity index (χ3n) is 3.68. The molecule has 21 heavy (non-hydrogen) atoms. The van der Waals surface area contributed by atoms with Gasteiger partial charge >= 0.3 is 0 Å². The molecule has 112 valence electrons. The fourth-order valence-corrected chi connectivity index (χ4v) is 2.87. The fourth-order valence-electron chi connectivity index (χ4n) is 2.72. The van der Waals surface area contributed by atoms with Crippen LogP contribution in [0.2, 0.25) is 5.28 Å². The maximum Gasteiger partial charge on any atom is 0.241 e. The van der Waals surface area contributed by atoms with E-state index in [1.54, 1.807) is 23.3 Å². The van der Waals surface area contributed by atoms with Crippen LogP contribution in [-0.2, 0) is 0 Å². The molecule has 1 saturated carbocycles. The van der Waals surface area contributed by atoms with Crippen molar-refractivity contribution in [3.8, 4) is 5.95 Å². The molecule has 1 N–H and O–H groups in total. The summed E-state index contributed by atoms with van der Waals surface area (Å²) in [5, 5.41) is 9.46. The van der Waals surface area contributed by atoms with Gasteiger partial charge in [-0.2, -0.15) is 15.0 Å². The van der Waals surface area contributed by atoms with Crippen molar-refractivity contribution in [2.24, 2.45) is 0 Å². The molecule has 0 atom stereocenters. The highest BCUT2D eigenvalue weighted by molar-refractivity contribution is 6.28. The Morgan fingerprint density at radius 2 is 2.10 bits per heavy atom. The zero-order chi connectivity index (χ0) is 14.7. The molecule has 1 aliphatic rings. The number of aliphatic hydroxyl groups is 1. The van der Waals surface area contributed by atoms with Gasteiger partial charge in [0.05, 0.1) is 6.61 Å². The Kier molecular flexibility index (Phi) is 4.31. The highest BCUT2D eigenvalue weighted by Crippen LogP contribution is 2.26. The number of hydrogen-bond donors (Lipinski definition) is 1. The Morgan fingerprint density at radius 3 is 2.76 bits per heavy atom. The van der Waals surface area contributed by atoms with E-state index in [1.807, 2.05) is 4.90 Å². The number of imidazole rings is 1. The molecule has 2 aromatic rings. The minimum absolute atomic E-state index is 0.0558. The van der Waals surface area contributed by atoms with Gasteiger partial charge in [-0.05, 0) is 24.4 Å². The standard InChI is InChI=1S/C13H17ClN6O/c14-11-16-12(19-6-5-15-9-19)18-13(17-11)20(7-8-21)10-3-1-2-4-10/h5-6,9-10,21H,1-4,7-8H2. The summed E-state index contributed by atoms with van der Waals surface area (Å²) in [5.74, 6) is 0.947. The Morgan fingerprint density at radius 1 is 1.29 bits per heavy atom. The number of hydrogen-bond acceptors (Lipinski definition) is 6. The van der Waals surface area contributed by atoms with Gasteiger partial charge in [-0.3, -0.25) is 4.57 Å². The number of anilines is 1. The molecule has 1 fully saturated rings. The van der Waals surface area contributed by atoms with Crippen LogP contribution in [0.1, 0.15) is 25.7 Å². The van der Waals surface area contributed by atoms with Crippen molar-refractivity contribution >= 4 is 17.5 Å². The normalized spacial score (nSPS) is 15.5. The van der Waals surface area contributed by atoms with Crippen LogP contribution in [0, 0.1) is 0 Å². The first-order chi connectivity index (χ1) is 10.3. The summed E-state index contributed by atoms with van der Waals surface area (Å²) in [5.41, 5.74) is 0. The van der Waals surface area contributed by atoms with Gasteiger partial charge in [-0.25, -0.2) is 4.98 Å². The molecule has 2 aromatic heterocycles. The minimum atomic E-state index is 0.0558. The van der Waals surface area contributed by atoms with Crippen LogP contribution >= 0.6 is 11.6 Å². The molecule has 2 heterocycles. The first-order valence-corrected chi connectivity index (χ1v) is 7.43. The lowest BCUT2D eigenvalue weighted by atomic mass is 10.2. The summed E-state index contributed by atoms with van der Waals surface area (Å²) in [6, 6.07) is 0.353. The molecule has 0 spiro atoms. The van der Waals surface area contributed by atoms with Crippen LogP contribution in [0.5, 0.6) is 0 Å². The number of halogens is 1. The van der Waals surface area contributed by atoms with E-state index in [9.17, 15) is 5.11 Å². The maximum atomic E-state index is 9.32. The highest BCUT2D eigenvalue weighted by Gasteiger charge is 2.25. The second-order valence-electron chi connectivity index (χ2n) is 5.03. The molecule has 0 saturated heterocycles. The lowest BCUT2D eigenvalue weighted by Gasteiger charge is -2.28. The molecule has 0 unspecified atom stereocenters. The van der Waals surface area contributed by atoms with Crippen molar-refractivity contribution in [3.05, 3.63) is 24.0 Å². The molecule has 3 rings (SSSR count). The summed E-state index contributed by atoms with van der Waals surface area (Å²) < 4.78 is 1.68. The van der Waals surface area contributed by atoms with Gasteiger partial charge in [0.1, 0.15) is 6.33 Å². The second-order valence-corrected chi connectivity index (χ2v) is 5.37. The predicted molar refractivity (Wildman–Crippen MR) is 78.6 cm³/mol. The number of aromatic nitrogens is 5. The average Bonchev–Trinajstić information content (AvgIpc) is 3.16. The van der Waals surface area contributed by atoms with Crippen LogP contribution in [-0.4, -0.2) is 48.8 Å². The quantitative estimate of drug-likeness (QED) is 0.900. The molecule has 0 radical (unpaired) electrons. The minimum Gasteiger partial charge on any atom is -0.395 e. The van der Waals surface area contributed by atoms with Gasteiger partial charge in [0.25, 0.3) is 0 Å². The first-order valence-electron chi connectivity index (χ1n) is 7.05. The van der Waals surface area contributed by atoms with Gasteiger partial charge < -0.3 is 10.0 Å². The smallest absolute Gasteiger partial charge is 0.241 e. The van der Waals surface area contributed by atoms with E-state index in [4.69, 9.17) is 11.6 Å². The van der Waals surface area contributed by atoms with Crippen LogP contribution in [0.15, 0.2) is 18.7 Å². The van der Waals surface area contributed by atoms with E-state index in [0.29, 0.717) is 24.5 Å². The lowest BCUT2D eigenvalue weighted by Crippen LogP contribution is -2.37. The van der Waals surface area contributed by atoms with Crippen LogP contribution < -0.4 is 4.90 Å². The highest BCUT2D eigenvalue weighted by atomic mass is 35.5. The number of nitrogens with zero attached hydrogens (tertiary/aromatic N) is 6. The van der Waals surface area contributed by atoms with Crippen molar-refractivity contribution in [2.75, 3.05) is 18.1 Å². The topological polar surface area (TPSA) is 80.0 Å². The van der Waals surface area contributed by atoms with Crippen LogP contribution in [0.25, 0.3) is 5.95 Å². The van der Waals surface area contributed by atoms with E-state index >= 15 is 0 Å². The van der Waals surface area contributed by atoms with Gasteiger partial charge in [0, 0.05) is 25.0 Å². The zero-order valence-corrected chi connectivity index (χ0v) is 12.3. The Labute approximate surface area is 127 Å². The van der Waals surface area contributed by atoms with E-state index in [1.165, 1.54) is 12.8 Å². The van der Waals surface area contributed by atoms with Crippen LogP contribution in [0.3, 0.4) is 0 Å². The molecule has 0 bridgehead atoms. The molecule has 0 aromatic carbocycles. The predicted octanol–water partition coefficient (Wildman–Crippen LogP) is 1.45. The van der Waals surface area contributed by atoms with E-state index < -0.39 is 0 Å². The summed E-state index contributed by atoms with van der Waals surface area (Å²) >= 11 is 6.03. The van der Waals surface area contributed by atoms with Gasteiger partial charge in [0.15, 0.2) is 0 Å². The third kappa shape index (κ3) is 3.14. The first kappa shape index (κ1) is 14.2. The van der Waals surface area contributed by atoms with Crippen molar-refractivity contribution in [2.45, 2.75) is 31.7 Å². The summed E-state index contributed by atoms with van der Waals surface area (Å²) in [6.45, 7) is 0.550. The van der Waals surface area contributed by atoms with E-state index in [-0.39, 0.29) is 11.9 Å². The second kappa shape index (κ2) is 6.36. The molecule has 0 aliphatic heterocycles. The van der Waals surface area contributed by atoms with Crippen LogP contribution in [0.4, 0.5) is 5.95 Å². The molecule has 8 heteroatoms. The summed E-state index contributed by atoms with van der Waals surface area (Å²) in [7, 11) is 0. The molecule has 7 nitrogen and oxygen atoms in total. The lowest BCUT2D eigenvalue weighted by molar-refractivity contribution is 0.296. The van der Waals surface area contributed by atoms with E-state index in [0.717, 1.165) is 12.8 Å². The Hall–Kier alpha value is -1.73. The number of rotatable bonds is 5. The van der Waals surface area contributed by atoms with Crippen molar-refractivity contribution in [1.82, 2.24) is 24.5 Å². The molecule has 0 amide bonds. The van der Waals surface area contributed by atoms with Crippen molar-refractivity contribution < 1.29 is 5.11 Å². The summed E-state index contributed by atoms with van der Waals surface area (Å²) in [6.07, 6.45) is 9.58. The fraction of sp³-hybridized carbons (Fsp3) is 0.538. The van der Waals surface area contributed by atoms with E-state index in [2.05, 4.69) is 19.9 Å². The molecule has 1 aliphatic carbocycles.